The highest BCUT2D eigenvalue weighted by molar-refractivity contribution is 7.99. The van der Waals surface area contributed by atoms with Crippen LogP contribution in [0.5, 0.6) is 0 Å². The molecule has 2 aromatic rings. The van der Waals surface area contributed by atoms with Crippen molar-refractivity contribution in [3.05, 3.63) is 42.5 Å². The van der Waals surface area contributed by atoms with E-state index in [1.807, 2.05) is 22.6 Å². The lowest BCUT2D eigenvalue weighted by Gasteiger charge is -2.31. The quantitative estimate of drug-likeness (QED) is 0.770. The van der Waals surface area contributed by atoms with Gasteiger partial charge in [0.15, 0.2) is 5.16 Å². The Kier molecular flexibility index (Phi) is 5.56. The van der Waals surface area contributed by atoms with Crippen molar-refractivity contribution in [2.75, 3.05) is 12.8 Å². The second kappa shape index (κ2) is 7.83. The van der Waals surface area contributed by atoms with Crippen LogP contribution in [0.3, 0.4) is 0 Å². The number of aromatic nitrogens is 2. The normalized spacial score (nSPS) is 15.4. The molecule has 1 aromatic heterocycles. The highest BCUT2D eigenvalue weighted by Crippen LogP contribution is 2.24. The van der Waals surface area contributed by atoms with Crippen LogP contribution in [0.1, 0.15) is 32.1 Å². The maximum atomic E-state index is 13.4. The van der Waals surface area contributed by atoms with E-state index in [2.05, 4.69) is 4.98 Å². The summed E-state index contributed by atoms with van der Waals surface area (Å²) in [7, 11) is 1.90. The van der Waals surface area contributed by atoms with Crippen LogP contribution in [-0.2, 0) is 4.79 Å². The Balaban J connectivity index is 1.63. The summed E-state index contributed by atoms with van der Waals surface area (Å²) in [6.07, 6.45) is 9.35. The van der Waals surface area contributed by atoms with Crippen LogP contribution in [0.2, 0.25) is 0 Å². The van der Waals surface area contributed by atoms with E-state index in [-0.39, 0.29) is 11.7 Å². The number of imidazole rings is 1. The fraction of sp³-hybridized carbons (Fsp3) is 0.444. The van der Waals surface area contributed by atoms with E-state index in [1.165, 1.54) is 43.2 Å². The summed E-state index contributed by atoms with van der Waals surface area (Å²) in [5, 5.41) is 0.700. The van der Waals surface area contributed by atoms with Gasteiger partial charge in [0.05, 0.1) is 11.4 Å². The maximum Gasteiger partial charge on any atom is 0.233 e. The number of nitrogens with zero attached hydrogens (tertiary/aromatic N) is 3. The minimum absolute atomic E-state index is 0.126. The highest BCUT2D eigenvalue weighted by atomic mass is 32.2. The second-order valence-corrected chi connectivity index (χ2v) is 7.09. The molecule has 0 unspecified atom stereocenters. The molecular weight excluding hydrogens is 325 g/mol. The zero-order chi connectivity index (χ0) is 16.9. The van der Waals surface area contributed by atoms with E-state index in [1.54, 1.807) is 18.5 Å². The van der Waals surface area contributed by atoms with Crippen molar-refractivity contribution in [3.8, 4) is 5.69 Å². The van der Waals surface area contributed by atoms with Crippen LogP contribution in [-0.4, -0.2) is 39.2 Å². The number of rotatable bonds is 5. The molecule has 6 heteroatoms. The molecule has 1 aliphatic carbocycles. The number of benzene rings is 1. The topological polar surface area (TPSA) is 38.1 Å². The van der Waals surface area contributed by atoms with Gasteiger partial charge in [0.2, 0.25) is 5.91 Å². The van der Waals surface area contributed by atoms with Gasteiger partial charge in [0.25, 0.3) is 0 Å². The lowest BCUT2D eigenvalue weighted by molar-refractivity contribution is -0.129. The van der Waals surface area contributed by atoms with E-state index >= 15 is 0 Å². The zero-order valence-electron chi connectivity index (χ0n) is 13.8. The Hall–Kier alpha value is -1.82. The van der Waals surface area contributed by atoms with Crippen LogP contribution < -0.4 is 0 Å². The number of carbonyl (C=O) groups excluding carboxylic acids is 1. The van der Waals surface area contributed by atoms with Gasteiger partial charge in [0.1, 0.15) is 5.82 Å². The SMILES string of the molecule is CN(C(=O)CSc1nccn1-c1cccc(F)c1)C1CCCCC1. The van der Waals surface area contributed by atoms with Gasteiger partial charge in [-0.2, -0.15) is 0 Å². The van der Waals surface area contributed by atoms with Gasteiger partial charge in [-0.05, 0) is 31.0 Å². The van der Waals surface area contributed by atoms with Crippen molar-refractivity contribution in [2.24, 2.45) is 0 Å². The first-order chi connectivity index (χ1) is 11.6. The minimum Gasteiger partial charge on any atom is -0.342 e. The fourth-order valence-electron chi connectivity index (χ4n) is 3.12. The molecule has 0 atom stereocenters. The van der Waals surface area contributed by atoms with Gasteiger partial charge in [-0.1, -0.05) is 37.1 Å². The average Bonchev–Trinajstić information content (AvgIpc) is 3.08. The molecule has 4 nitrogen and oxygen atoms in total. The van der Waals surface area contributed by atoms with Crippen LogP contribution in [0.15, 0.2) is 41.8 Å². The number of hydrogen-bond acceptors (Lipinski definition) is 3. The van der Waals surface area contributed by atoms with E-state index < -0.39 is 0 Å². The zero-order valence-corrected chi connectivity index (χ0v) is 14.6. The summed E-state index contributed by atoms with van der Waals surface area (Å²) in [6, 6.07) is 6.73. The maximum absolute atomic E-state index is 13.4. The first-order valence-electron chi connectivity index (χ1n) is 8.33. The molecular formula is C18H22FN3OS. The summed E-state index contributed by atoms with van der Waals surface area (Å²) < 4.78 is 15.2. The molecule has 1 amide bonds. The third-order valence-corrected chi connectivity index (χ3v) is 5.49. The fourth-order valence-corrected chi connectivity index (χ4v) is 4.02. The molecule has 1 aromatic carbocycles. The number of thioether (sulfide) groups is 1. The third-order valence-electron chi connectivity index (χ3n) is 4.53. The molecule has 1 fully saturated rings. The highest BCUT2D eigenvalue weighted by Gasteiger charge is 2.22. The molecule has 1 aliphatic rings. The number of halogens is 1. The van der Waals surface area contributed by atoms with Gasteiger partial charge in [-0.3, -0.25) is 9.36 Å². The molecule has 1 saturated carbocycles. The molecule has 0 saturated heterocycles. The molecule has 0 radical (unpaired) electrons. The summed E-state index contributed by atoms with van der Waals surface area (Å²) in [5.41, 5.74) is 0.711. The molecule has 1 heterocycles. The van der Waals surface area contributed by atoms with E-state index in [4.69, 9.17) is 0 Å². The smallest absolute Gasteiger partial charge is 0.233 e. The molecule has 0 aliphatic heterocycles. The third kappa shape index (κ3) is 3.98. The van der Waals surface area contributed by atoms with Gasteiger partial charge < -0.3 is 4.90 Å². The first kappa shape index (κ1) is 17.0. The van der Waals surface area contributed by atoms with Crippen molar-refractivity contribution in [3.63, 3.8) is 0 Å². The number of carbonyl (C=O) groups is 1. The molecule has 3 rings (SSSR count). The predicted octanol–water partition coefficient (Wildman–Crippen LogP) is 3.89. The van der Waals surface area contributed by atoms with Crippen LogP contribution >= 0.6 is 11.8 Å². The molecule has 0 N–H and O–H groups in total. The summed E-state index contributed by atoms with van der Waals surface area (Å²) in [5.74, 6) is 0.185. The largest absolute Gasteiger partial charge is 0.342 e. The van der Waals surface area contributed by atoms with Crippen LogP contribution in [0, 0.1) is 5.82 Å². The van der Waals surface area contributed by atoms with Gasteiger partial charge in [-0.25, -0.2) is 9.37 Å². The van der Waals surface area contributed by atoms with E-state index in [0.29, 0.717) is 22.6 Å². The van der Waals surface area contributed by atoms with Gasteiger partial charge in [0, 0.05) is 25.5 Å². The minimum atomic E-state index is -0.287. The number of amides is 1. The standard InChI is InChI=1S/C18H22FN3OS/c1-21(15-7-3-2-4-8-15)17(23)13-24-18-20-10-11-22(18)16-9-5-6-14(19)12-16/h5-6,9-12,15H,2-4,7-8,13H2,1H3. The Bertz CT molecular complexity index is 697. The van der Waals surface area contributed by atoms with Gasteiger partial charge in [-0.15, -0.1) is 0 Å². The summed E-state index contributed by atoms with van der Waals surface area (Å²) in [6.45, 7) is 0. The Morgan fingerprint density at radius 2 is 2.17 bits per heavy atom. The second-order valence-electron chi connectivity index (χ2n) is 6.14. The van der Waals surface area contributed by atoms with Crippen LogP contribution in [0.4, 0.5) is 4.39 Å². The van der Waals surface area contributed by atoms with Crippen molar-refractivity contribution in [2.45, 2.75) is 43.3 Å². The van der Waals surface area contributed by atoms with E-state index in [0.717, 1.165) is 12.8 Å². The first-order valence-corrected chi connectivity index (χ1v) is 9.31. The van der Waals surface area contributed by atoms with Crippen molar-refractivity contribution in [1.29, 1.82) is 0 Å². The lowest BCUT2D eigenvalue weighted by Crippen LogP contribution is -2.39. The molecule has 128 valence electrons. The summed E-state index contributed by atoms with van der Waals surface area (Å²) >= 11 is 1.39. The monoisotopic (exact) mass is 347 g/mol. The lowest BCUT2D eigenvalue weighted by atomic mass is 9.94. The predicted molar refractivity (Wildman–Crippen MR) is 93.9 cm³/mol. The van der Waals surface area contributed by atoms with E-state index in [9.17, 15) is 9.18 Å². The molecule has 0 spiro atoms. The van der Waals surface area contributed by atoms with Crippen LogP contribution in [0.25, 0.3) is 5.69 Å². The molecule has 0 bridgehead atoms. The van der Waals surface area contributed by atoms with Crippen molar-refractivity contribution < 1.29 is 9.18 Å². The Labute approximate surface area is 146 Å². The summed E-state index contributed by atoms with van der Waals surface area (Å²) in [4.78, 5) is 18.6. The average molecular weight is 347 g/mol. The van der Waals surface area contributed by atoms with Crippen molar-refractivity contribution >= 4 is 17.7 Å². The Morgan fingerprint density at radius 3 is 2.92 bits per heavy atom. The molecule has 24 heavy (non-hydrogen) atoms. The van der Waals surface area contributed by atoms with Crippen molar-refractivity contribution in [1.82, 2.24) is 14.5 Å². The number of hydrogen-bond donors (Lipinski definition) is 0. The van der Waals surface area contributed by atoms with Gasteiger partial charge >= 0.3 is 0 Å². The Morgan fingerprint density at radius 1 is 1.38 bits per heavy atom.